The maximum Gasteiger partial charge on any atom is 0.142 e. The van der Waals surface area contributed by atoms with E-state index in [4.69, 9.17) is 0 Å². The Bertz CT molecular complexity index is 1380. The van der Waals surface area contributed by atoms with Gasteiger partial charge in [-0.25, -0.2) is 0 Å². The highest BCUT2D eigenvalue weighted by Gasteiger charge is 2.50. The molecule has 4 atom stereocenters. The van der Waals surface area contributed by atoms with Crippen LogP contribution in [0.2, 0.25) is 0 Å². The Morgan fingerprint density at radius 2 is 1.38 bits per heavy atom. The summed E-state index contributed by atoms with van der Waals surface area (Å²) < 4.78 is -0.380. The number of anilines is 3. The molecule has 3 aliphatic heterocycles. The molecule has 0 amide bonds. The van der Waals surface area contributed by atoms with Crippen LogP contribution in [0.3, 0.4) is 0 Å². The lowest BCUT2D eigenvalue weighted by Gasteiger charge is -2.46. The van der Waals surface area contributed by atoms with Crippen LogP contribution < -0.4 is 25.5 Å². The summed E-state index contributed by atoms with van der Waals surface area (Å²) in [6.07, 6.45) is 0.856. The first kappa shape index (κ1) is 24.5. The van der Waals surface area contributed by atoms with Crippen LogP contribution in [0.25, 0.3) is 0 Å². The highest BCUT2D eigenvalue weighted by Crippen LogP contribution is 2.54. The standard InChI is InChI=1S/C33H35N5O/c39-38(28-14-11-24(12-15-28)31-23-35-19-20-36-31)32-16-13-27(21-29(32)30-22-34-18-17-33(30)38)37(25-7-3-1-4-8-25)26-9-5-2-6-10-26/h1-16,21,30-31,33-36H,17-20,22-23H2. The minimum Gasteiger partial charge on any atom is -0.622 e. The SMILES string of the molecule is [O-][N+]1(c2ccc(C3CNCCN3)cc2)c2ccc(N(c3ccccc3)c3ccccc3)cc2C2CNCCC21. The minimum atomic E-state index is -0.380. The molecule has 4 aromatic rings. The lowest BCUT2D eigenvalue weighted by atomic mass is 9.89. The van der Waals surface area contributed by atoms with Crippen LogP contribution in [0.4, 0.5) is 28.4 Å². The molecule has 3 aliphatic rings. The van der Waals surface area contributed by atoms with Crippen LogP contribution in [0, 0.1) is 5.21 Å². The van der Waals surface area contributed by atoms with Crippen molar-refractivity contribution in [2.24, 2.45) is 0 Å². The first-order chi connectivity index (χ1) is 19.2. The number of hydrogen-bond acceptors (Lipinski definition) is 5. The molecule has 0 saturated carbocycles. The molecule has 7 rings (SSSR count). The molecule has 198 valence electrons. The van der Waals surface area contributed by atoms with Crippen molar-refractivity contribution >= 4 is 28.4 Å². The number of piperidine rings is 1. The zero-order valence-corrected chi connectivity index (χ0v) is 22.1. The van der Waals surface area contributed by atoms with Gasteiger partial charge in [0.1, 0.15) is 17.4 Å². The quantitative estimate of drug-likeness (QED) is 0.224. The largest absolute Gasteiger partial charge is 0.622 e. The average molecular weight is 518 g/mol. The van der Waals surface area contributed by atoms with E-state index in [1.165, 1.54) is 11.1 Å². The molecule has 0 aromatic heterocycles. The third-order valence-electron chi connectivity index (χ3n) is 8.69. The Morgan fingerprint density at radius 3 is 2.05 bits per heavy atom. The van der Waals surface area contributed by atoms with Crippen LogP contribution in [-0.2, 0) is 0 Å². The number of piperazine rings is 1. The van der Waals surface area contributed by atoms with Gasteiger partial charge in [-0.1, -0.05) is 48.5 Å². The Hall–Kier alpha value is -3.52. The van der Waals surface area contributed by atoms with Gasteiger partial charge in [-0.2, -0.15) is 0 Å². The summed E-state index contributed by atoms with van der Waals surface area (Å²) in [7, 11) is 0. The molecule has 2 fully saturated rings. The number of para-hydroxylation sites is 2. The van der Waals surface area contributed by atoms with Gasteiger partial charge < -0.3 is 26.1 Å². The van der Waals surface area contributed by atoms with E-state index >= 15 is 5.21 Å². The number of fused-ring (bicyclic) bond motifs is 3. The van der Waals surface area contributed by atoms with Crippen molar-refractivity contribution < 1.29 is 0 Å². The summed E-state index contributed by atoms with van der Waals surface area (Å²) in [5.41, 5.74) is 7.38. The molecule has 4 aromatic carbocycles. The fraction of sp³-hybridized carbons (Fsp3) is 0.273. The number of nitrogens with zero attached hydrogens (tertiary/aromatic N) is 2. The number of benzene rings is 4. The van der Waals surface area contributed by atoms with Crippen LogP contribution in [0.5, 0.6) is 0 Å². The molecule has 0 spiro atoms. The van der Waals surface area contributed by atoms with Gasteiger partial charge in [0.15, 0.2) is 0 Å². The van der Waals surface area contributed by atoms with Gasteiger partial charge in [-0.05, 0) is 42.0 Å². The van der Waals surface area contributed by atoms with E-state index in [1.54, 1.807) is 0 Å². The van der Waals surface area contributed by atoms with Gasteiger partial charge in [-0.3, -0.25) is 4.65 Å². The normalized spacial score (nSPS) is 26.0. The zero-order chi connectivity index (χ0) is 26.2. The molecule has 6 nitrogen and oxygen atoms in total. The molecule has 2 saturated heterocycles. The summed E-state index contributed by atoms with van der Waals surface area (Å²) in [4.78, 5) is 2.28. The number of rotatable bonds is 5. The van der Waals surface area contributed by atoms with Crippen LogP contribution in [0.15, 0.2) is 103 Å². The van der Waals surface area contributed by atoms with E-state index in [1.807, 2.05) is 12.1 Å². The highest BCUT2D eigenvalue weighted by atomic mass is 16.6. The first-order valence-corrected chi connectivity index (χ1v) is 14.1. The molecule has 0 bridgehead atoms. The van der Waals surface area contributed by atoms with E-state index in [2.05, 4.69) is 112 Å². The Balaban J connectivity index is 1.31. The van der Waals surface area contributed by atoms with Gasteiger partial charge in [-0.15, -0.1) is 0 Å². The van der Waals surface area contributed by atoms with Crippen LogP contribution >= 0.6 is 0 Å². The molecule has 6 heteroatoms. The smallest absolute Gasteiger partial charge is 0.142 e. The highest BCUT2D eigenvalue weighted by molar-refractivity contribution is 5.80. The fourth-order valence-electron chi connectivity index (χ4n) is 6.81. The van der Waals surface area contributed by atoms with Crippen molar-refractivity contribution in [2.75, 3.05) is 37.6 Å². The number of hydroxylamine groups is 1. The fourth-order valence-corrected chi connectivity index (χ4v) is 6.81. The molecular weight excluding hydrogens is 482 g/mol. The maximum absolute atomic E-state index is 15.1. The lowest BCUT2D eigenvalue weighted by Crippen LogP contribution is -2.51. The molecule has 3 heterocycles. The summed E-state index contributed by atoms with van der Waals surface area (Å²) >= 11 is 0. The Labute approximate surface area is 230 Å². The number of hydrogen-bond donors (Lipinski definition) is 3. The average Bonchev–Trinajstić information content (AvgIpc) is 3.27. The second-order valence-corrected chi connectivity index (χ2v) is 10.9. The Kier molecular flexibility index (Phi) is 6.43. The summed E-state index contributed by atoms with van der Waals surface area (Å²) in [5, 5.41) is 25.7. The summed E-state index contributed by atoms with van der Waals surface area (Å²) in [6, 6.07) is 36.1. The van der Waals surface area contributed by atoms with Crippen molar-refractivity contribution in [2.45, 2.75) is 24.4 Å². The van der Waals surface area contributed by atoms with Gasteiger partial charge in [0.25, 0.3) is 0 Å². The number of nitrogens with one attached hydrogen (secondary N) is 3. The van der Waals surface area contributed by atoms with E-state index in [0.717, 1.165) is 67.6 Å². The van der Waals surface area contributed by atoms with Crippen molar-refractivity contribution in [3.05, 3.63) is 119 Å². The number of quaternary nitrogens is 1. The van der Waals surface area contributed by atoms with Crippen molar-refractivity contribution in [1.29, 1.82) is 0 Å². The van der Waals surface area contributed by atoms with Gasteiger partial charge in [0, 0.05) is 86.0 Å². The third kappa shape index (κ3) is 4.25. The van der Waals surface area contributed by atoms with Crippen LogP contribution in [0.1, 0.15) is 29.5 Å². The monoisotopic (exact) mass is 517 g/mol. The third-order valence-corrected chi connectivity index (χ3v) is 8.69. The Morgan fingerprint density at radius 1 is 0.692 bits per heavy atom. The van der Waals surface area contributed by atoms with E-state index in [9.17, 15) is 0 Å². The van der Waals surface area contributed by atoms with E-state index in [-0.39, 0.29) is 22.6 Å². The summed E-state index contributed by atoms with van der Waals surface area (Å²) in [6.45, 7) is 4.58. The van der Waals surface area contributed by atoms with Crippen LogP contribution in [-0.4, -0.2) is 38.8 Å². The van der Waals surface area contributed by atoms with Crippen molar-refractivity contribution in [3.8, 4) is 0 Å². The first-order valence-electron chi connectivity index (χ1n) is 14.1. The van der Waals surface area contributed by atoms with Crippen molar-refractivity contribution in [3.63, 3.8) is 0 Å². The maximum atomic E-state index is 15.1. The van der Waals surface area contributed by atoms with E-state index in [0.29, 0.717) is 0 Å². The zero-order valence-electron chi connectivity index (χ0n) is 22.1. The predicted molar refractivity (Wildman–Crippen MR) is 160 cm³/mol. The van der Waals surface area contributed by atoms with Gasteiger partial charge in [0.2, 0.25) is 0 Å². The van der Waals surface area contributed by atoms with Gasteiger partial charge in [0.05, 0.1) is 5.92 Å². The topological polar surface area (TPSA) is 62.4 Å². The lowest BCUT2D eigenvalue weighted by molar-refractivity contribution is 0.291. The molecule has 4 unspecified atom stereocenters. The summed E-state index contributed by atoms with van der Waals surface area (Å²) in [5.74, 6) is 0.170. The molecule has 3 N–H and O–H groups in total. The second-order valence-electron chi connectivity index (χ2n) is 10.9. The molecule has 39 heavy (non-hydrogen) atoms. The van der Waals surface area contributed by atoms with Gasteiger partial charge >= 0.3 is 0 Å². The second kappa shape index (κ2) is 10.2. The molecular formula is C33H35N5O. The van der Waals surface area contributed by atoms with E-state index < -0.39 is 0 Å². The predicted octanol–water partition coefficient (Wildman–Crippen LogP) is 5.99. The molecule has 0 radical (unpaired) electrons. The van der Waals surface area contributed by atoms with Crippen molar-refractivity contribution in [1.82, 2.24) is 20.6 Å². The molecule has 0 aliphatic carbocycles. The minimum absolute atomic E-state index is 0.0290.